The van der Waals surface area contributed by atoms with Gasteiger partial charge in [0.2, 0.25) is 0 Å². The van der Waals surface area contributed by atoms with Crippen LogP contribution in [0.2, 0.25) is 10.0 Å². The van der Waals surface area contributed by atoms with Crippen molar-refractivity contribution in [3.05, 3.63) is 62.4 Å². The fraction of sp³-hybridized carbons (Fsp3) is 0.167. The zero-order valence-corrected chi connectivity index (χ0v) is 15.4. The maximum Gasteiger partial charge on any atom is 0.188 e. The molecule has 1 N–H and O–H groups in total. The quantitative estimate of drug-likeness (QED) is 0.554. The molecule has 0 unspecified atom stereocenters. The van der Waals surface area contributed by atoms with Crippen molar-refractivity contribution in [2.45, 2.75) is 20.8 Å². The van der Waals surface area contributed by atoms with E-state index in [2.05, 4.69) is 44.3 Å². The van der Waals surface area contributed by atoms with Gasteiger partial charge in [-0.2, -0.15) is 0 Å². The first kappa shape index (κ1) is 16.3. The number of halogens is 2. The van der Waals surface area contributed by atoms with Crippen LogP contribution < -0.4 is 5.32 Å². The molecule has 5 heteroatoms. The largest absolute Gasteiger partial charge is 0.330 e. The van der Waals surface area contributed by atoms with Gasteiger partial charge in [0.05, 0.1) is 16.4 Å². The molecule has 1 aromatic heterocycles. The lowest BCUT2D eigenvalue weighted by Crippen LogP contribution is -1.91. The zero-order chi connectivity index (χ0) is 16.6. The Morgan fingerprint density at radius 1 is 1.00 bits per heavy atom. The van der Waals surface area contributed by atoms with E-state index in [1.807, 2.05) is 12.1 Å². The van der Waals surface area contributed by atoms with E-state index in [9.17, 15) is 0 Å². The highest BCUT2D eigenvalue weighted by molar-refractivity contribution is 7.16. The number of thiazole rings is 1. The minimum absolute atomic E-state index is 0.582. The summed E-state index contributed by atoms with van der Waals surface area (Å²) in [5, 5.41) is 5.30. The average Bonchev–Trinajstić information content (AvgIpc) is 2.85. The average molecular weight is 363 g/mol. The fourth-order valence-corrected chi connectivity index (χ4v) is 3.69. The van der Waals surface area contributed by atoms with Crippen molar-refractivity contribution in [1.82, 2.24) is 4.98 Å². The van der Waals surface area contributed by atoms with Gasteiger partial charge in [-0.3, -0.25) is 0 Å². The molecule has 0 aliphatic rings. The zero-order valence-electron chi connectivity index (χ0n) is 13.1. The molecule has 2 nitrogen and oxygen atoms in total. The second kappa shape index (κ2) is 6.52. The molecular weight excluding hydrogens is 347 g/mol. The van der Waals surface area contributed by atoms with Crippen molar-refractivity contribution >= 4 is 45.4 Å². The Kier molecular flexibility index (Phi) is 4.62. The van der Waals surface area contributed by atoms with Gasteiger partial charge in [0.25, 0.3) is 0 Å². The Morgan fingerprint density at radius 2 is 1.78 bits per heavy atom. The number of anilines is 2. The van der Waals surface area contributed by atoms with E-state index in [1.54, 1.807) is 17.4 Å². The molecule has 0 amide bonds. The number of aryl methyl sites for hydroxylation is 3. The number of hydrogen-bond acceptors (Lipinski definition) is 3. The number of aromatic nitrogens is 1. The summed E-state index contributed by atoms with van der Waals surface area (Å²) in [7, 11) is 0. The molecule has 0 fully saturated rings. The molecule has 0 bridgehead atoms. The van der Waals surface area contributed by atoms with Gasteiger partial charge in [-0.15, -0.1) is 11.3 Å². The van der Waals surface area contributed by atoms with Crippen molar-refractivity contribution in [3.63, 3.8) is 0 Å². The topological polar surface area (TPSA) is 24.9 Å². The van der Waals surface area contributed by atoms with Crippen LogP contribution in [0.5, 0.6) is 0 Å². The minimum Gasteiger partial charge on any atom is -0.330 e. The number of rotatable bonds is 3. The number of hydrogen-bond donors (Lipinski definition) is 1. The van der Waals surface area contributed by atoms with Crippen LogP contribution in [0.1, 0.15) is 16.0 Å². The van der Waals surface area contributed by atoms with Crippen LogP contribution in [-0.4, -0.2) is 4.98 Å². The molecule has 0 atom stereocenters. The molecule has 118 valence electrons. The van der Waals surface area contributed by atoms with Crippen molar-refractivity contribution < 1.29 is 0 Å². The first-order chi connectivity index (χ1) is 10.9. The molecule has 0 spiro atoms. The van der Waals surface area contributed by atoms with Crippen LogP contribution >= 0.6 is 34.5 Å². The summed E-state index contributed by atoms with van der Waals surface area (Å²) in [6.45, 7) is 6.29. The van der Waals surface area contributed by atoms with Gasteiger partial charge in [0, 0.05) is 15.5 Å². The van der Waals surface area contributed by atoms with Gasteiger partial charge < -0.3 is 5.32 Å². The molecule has 0 aliphatic carbocycles. The van der Waals surface area contributed by atoms with Gasteiger partial charge >= 0.3 is 0 Å². The predicted molar refractivity (Wildman–Crippen MR) is 102 cm³/mol. The monoisotopic (exact) mass is 362 g/mol. The highest BCUT2D eigenvalue weighted by Gasteiger charge is 2.13. The number of nitrogens with one attached hydrogen (secondary N) is 1. The van der Waals surface area contributed by atoms with Crippen LogP contribution in [0.15, 0.2) is 36.4 Å². The molecule has 2 aromatic carbocycles. The maximum atomic E-state index is 6.22. The Bertz CT molecular complexity index is 871. The predicted octanol–water partition coefficient (Wildman–Crippen LogP) is 6.79. The maximum absolute atomic E-state index is 6.22. The van der Waals surface area contributed by atoms with Gasteiger partial charge in [-0.25, -0.2) is 4.98 Å². The highest BCUT2D eigenvalue weighted by Crippen LogP contribution is 2.35. The van der Waals surface area contributed by atoms with Gasteiger partial charge in [-0.05, 0) is 50.6 Å². The van der Waals surface area contributed by atoms with Gasteiger partial charge in [0.15, 0.2) is 5.13 Å². The molecule has 0 aliphatic heterocycles. The van der Waals surface area contributed by atoms with E-state index in [1.165, 1.54) is 21.6 Å². The standard InChI is InChI=1S/C18H16Cl2N2S/c1-10-4-5-11(2)14(8-10)17-12(3)23-18(22-17)21-16-7-6-13(19)9-15(16)20/h4-9H,1-3H3,(H,21,22). The minimum atomic E-state index is 0.582. The highest BCUT2D eigenvalue weighted by atomic mass is 35.5. The van der Waals surface area contributed by atoms with E-state index in [4.69, 9.17) is 28.2 Å². The van der Waals surface area contributed by atoms with Crippen LogP contribution in [0.25, 0.3) is 11.3 Å². The van der Waals surface area contributed by atoms with E-state index < -0.39 is 0 Å². The summed E-state index contributed by atoms with van der Waals surface area (Å²) in [6.07, 6.45) is 0. The molecule has 1 heterocycles. The molecule has 3 rings (SSSR count). The van der Waals surface area contributed by atoms with Crippen molar-refractivity contribution in [2.75, 3.05) is 5.32 Å². The lowest BCUT2D eigenvalue weighted by molar-refractivity contribution is 1.31. The van der Waals surface area contributed by atoms with E-state index in [0.717, 1.165) is 16.5 Å². The molecule has 0 saturated heterocycles. The van der Waals surface area contributed by atoms with Crippen molar-refractivity contribution in [3.8, 4) is 11.3 Å². The summed E-state index contributed by atoms with van der Waals surface area (Å²) in [5.74, 6) is 0. The lowest BCUT2D eigenvalue weighted by atomic mass is 10.0. The van der Waals surface area contributed by atoms with E-state index in [0.29, 0.717) is 10.0 Å². The number of benzene rings is 2. The second-order valence-corrected chi connectivity index (χ2v) is 7.54. The Hall–Kier alpha value is -1.55. The van der Waals surface area contributed by atoms with Crippen molar-refractivity contribution in [1.29, 1.82) is 0 Å². The third kappa shape index (κ3) is 3.52. The van der Waals surface area contributed by atoms with Crippen LogP contribution in [0.4, 0.5) is 10.8 Å². The van der Waals surface area contributed by atoms with Gasteiger partial charge in [0.1, 0.15) is 0 Å². The summed E-state index contributed by atoms with van der Waals surface area (Å²) in [4.78, 5) is 5.93. The summed E-state index contributed by atoms with van der Waals surface area (Å²) >= 11 is 13.8. The van der Waals surface area contributed by atoms with E-state index >= 15 is 0 Å². The van der Waals surface area contributed by atoms with Crippen LogP contribution in [0.3, 0.4) is 0 Å². The molecule has 3 aromatic rings. The number of nitrogens with zero attached hydrogens (tertiary/aromatic N) is 1. The smallest absolute Gasteiger partial charge is 0.188 e. The summed E-state index contributed by atoms with van der Waals surface area (Å²) in [6, 6.07) is 11.8. The SMILES string of the molecule is Cc1ccc(C)c(-c2nc(Nc3ccc(Cl)cc3Cl)sc2C)c1. The third-order valence-electron chi connectivity index (χ3n) is 3.62. The summed E-state index contributed by atoms with van der Waals surface area (Å²) < 4.78 is 0. The van der Waals surface area contributed by atoms with Gasteiger partial charge in [-0.1, -0.05) is 40.9 Å². The normalized spacial score (nSPS) is 10.8. The molecule has 23 heavy (non-hydrogen) atoms. The van der Waals surface area contributed by atoms with Crippen LogP contribution in [0, 0.1) is 20.8 Å². The summed E-state index contributed by atoms with van der Waals surface area (Å²) in [5.41, 5.74) is 5.45. The Labute approximate surface area is 150 Å². The third-order valence-corrected chi connectivity index (χ3v) is 5.05. The lowest BCUT2D eigenvalue weighted by Gasteiger charge is -2.06. The van der Waals surface area contributed by atoms with Crippen LogP contribution in [-0.2, 0) is 0 Å². The molecular formula is C18H16Cl2N2S. The molecule has 0 saturated carbocycles. The molecule has 0 radical (unpaired) electrons. The van der Waals surface area contributed by atoms with E-state index in [-0.39, 0.29) is 0 Å². The van der Waals surface area contributed by atoms with Crippen molar-refractivity contribution in [2.24, 2.45) is 0 Å². The Morgan fingerprint density at radius 3 is 2.52 bits per heavy atom. The first-order valence-electron chi connectivity index (χ1n) is 7.21. The Balaban J connectivity index is 1.96. The first-order valence-corrected chi connectivity index (χ1v) is 8.78. The fourth-order valence-electron chi connectivity index (χ4n) is 2.40. The second-order valence-electron chi connectivity index (χ2n) is 5.49.